The quantitative estimate of drug-likeness (QED) is 0.135. The zero-order chi connectivity index (χ0) is 33.5. The van der Waals surface area contributed by atoms with Gasteiger partial charge in [0.1, 0.15) is 6.61 Å². The van der Waals surface area contributed by atoms with Crippen LogP contribution in [0.1, 0.15) is 36.6 Å². The van der Waals surface area contributed by atoms with Crippen LogP contribution < -0.4 is 39.7 Å². The lowest BCUT2D eigenvalue weighted by Gasteiger charge is -2.28. The summed E-state index contributed by atoms with van der Waals surface area (Å²) in [5.74, 6) is 1.02. The van der Waals surface area contributed by atoms with Gasteiger partial charge < -0.3 is 39.1 Å². The van der Waals surface area contributed by atoms with Crippen LogP contribution >= 0.6 is 23.2 Å². The SMILES string of the molecule is CCOC(=O)C1=C(C)NC(=O)N[C@@H]1c1ccc(OCC(=O)N/N=C\c2cc(Cl)c(OCc3ccc4c(c3)OCO4)c(Cl)c2)c(OC)c1. The maximum atomic E-state index is 12.6. The predicted octanol–water partition coefficient (Wildman–Crippen LogP) is 5.03. The van der Waals surface area contributed by atoms with Crippen molar-refractivity contribution in [3.8, 4) is 28.7 Å². The third-order valence-corrected chi connectivity index (χ3v) is 7.45. The molecule has 0 fully saturated rings. The van der Waals surface area contributed by atoms with Crippen LogP contribution in [-0.2, 0) is 20.9 Å². The van der Waals surface area contributed by atoms with Gasteiger partial charge in [0.2, 0.25) is 6.79 Å². The van der Waals surface area contributed by atoms with Crippen molar-refractivity contribution in [1.82, 2.24) is 16.1 Å². The monoisotopic (exact) mass is 684 g/mol. The van der Waals surface area contributed by atoms with Crippen LogP contribution in [0.3, 0.4) is 0 Å². The van der Waals surface area contributed by atoms with E-state index in [0.29, 0.717) is 34.1 Å². The van der Waals surface area contributed by atoms with E-state index in [1.54, 1.807) is 50.2 Å². The number of nitrogens with one attached hydrogen (secondary N) is 3. The van der Waals surface area contributed by atoms with Gasteiger partial charge in [0.25, 0.3) is 5.91 Å². The molecule has 13 nitrogen and oxygen atoms in total. The van der Waals surface area contributed by atoms with E-state index in [0.717, 1.165) is 5.56 Å². The molecule has 2 aliphatic rings. The molecule has 0 bridgehead atoms. The molecular formula is C32H30Cl2N4O9. The van der Waals surface area contributed by atoms with Crippen molar-refractivity contribution >= 4 is 47.3 Å². The number of methoxy groups -OCH3 is 1. The molecule has 0 unspecified atom stereocenters. The molecule has 246 valence electrons. The lowest BCUT2D eigenvalue weighted by atomic mass is 9.95. The molecule has 1 atom stereocenters. The number of ether oxygens (including phenoxy) is 6. The van der Waals surface area contributed by atoms with E-state index in [-0.39, 0.29) is 47.1 Å². The largest absolute Gasteiger partial charge is 0.493 e. The number of fused-ring (bicyclic) bond motifs is 1. The Kier molecular flexibility index (Phi) is 10.6. The van der Waals surface area contributed by atoms with Crippen molar-refractivity contribution in [3.63, 3.8) is 0 Å². The maximum Gasteiger partial charge on any atom is 0.338 e. The Hall–Kier alpha value is -5.14. The summed E-state index contributed by atoms with van der Waals surface area (Å²) in [4.78, 5) is 37.2. The Morgan fingerprint density at radius 2 is 1.81 bits per heavy atom. The van der Waals surface area contributed by atoms with Crippen molar-refractivity contribution in [2.75, 3.05) is 27.1 Å². The van der Waals surface area contributed by atoms with Crippen LogP contribution in [-0.4, -0.2) is 51.2 Å². The molecular weight excluding hydrogens is 655 g/mol. The summed E-state index contributed by atoms with van der Waals surface area (Å²) in [6.07, 6.45) is 1.37. The number of allylic oxidation sites excluding steroid dienone is 1. The topological polar surface area (TPSA) is 155 Å². The zero-order valence-electron chi connectivity index (χ0n) is 25.5. The Labute approximate surface area is 279 Å². The number of nitrogens with zero attached hydrogens (tertiary/aromatic N) is 1. The third kappa shape index (κ3) is 7.99. The maximum absolute atomic E-state index is 12.6. The number of halogens is 2. The van der Waals surface area contributed by atoms with E-state index in [1.807, 2.05) is 12.1 Å². The molecule has 3 aromatic carbocycles. The minimum Gasteiger partial charge on any atom is -0.493 e. The average molecular weight is 686 g/mol. The van der Waals surface area contributed by atoms with Crippen molar-refractivity contribution in [3.05, 3.63) is 86.5 Å². The van der Waals surface area contributed by atoms with Gasteiger partial charge in [0.15, 0.2) is 35.4 Å². The summed E-state index contributed by atoms with van der Waals surface area (Å²) < 4.78 is 32.8. The van der Waals surface area contributed by atoms with Crippen molar-refractivity contribution in [2.45, 2.75) is 26.5 Å². The molecule has 0 aromatic heterocycles. The van der Waals surface area contributed by atoms with Gasteiger partial charge in [-0.3, -0.25) is 4.79 Å². The number of carbonyl (C=O) groups excluding carboxylic acids is 3. The lowest BCUT2D eigenvalue weighted by molar-refractivity contribution is -0.139. The summed E-state index contributed by atoms with van der Waals surface area (Å²) in [5, 5.41) is 9.77. The van der Waals surface area contributed by atoms with Crippen LogP contribution in [0, 0.1) is 0 Å². The predicted molar refractivity (Wildman–Crippen MR) is 171 cm³/mol. The fraction of sp³-hybridized carbons (Fsp3) is 0.250. The highest BCUT2D eigenvalue weighted by atomic mass is 35.5. The van der Waals surface area contributed by atoms with Crippen LogP contribution in [0.5, 0.6) is 28.7 Å². The minimum atomic E-state index is -0.791. The molecule has 5 rings (SSSR count). The number of esters is 1. The molecule has 15 heteroatoms. The highest BCUT2D eigenvalue weighted by molar-refractivity contribution is 6.37. The van der Waals surface area contributed by atoms with Gasteiger partial charge in [-0.15, -0.1) is 0 Å². The van der Waals surface area contributed by atoms with Gasteiger partial charge in [-0.05, 0) is 66.9 Å². The first-order chi connectivity index (χ1) is 22.7. The van der Waals surface area contributed by atoms with Gasteiger partial charge in [0.05, 0.1) is 41.6 Å². The normalized spacial score (nSPS) is 15.2. The Balaban J connectivity index is 1.16. The van der Waals surface area contributed by atoms with Gasteiger partial charge in [-0.1, -0.05) is 35.3 Å². The summed E-state index contributed by atoms with van der Waals surface area (Å²) in [5.41, 5.74) is 4.91. The molecule has 2 heterocycles. The molecule has 0 spiro atoms. The van der Waals surface area contributed by atoms with E-state index in [9.17, 15) is 14.4 Å². The van der Waals surface area contributed by atoms with Crippen molar-refractivity contribution in [2.24, 2.45) is 5.10 Å². The number of urea groups is 1. The number of benzene rings is 3. The molecule has 0 aliphatic carbocycles. The number of hydrazone groups is 1. The highest BCUT2D eigenvalue weighted by Gasteiger charge is 2.32. The standard InChI is InChI=1S/C32H30Cl2N4O9/c1-4-43-31(40)28-17(2)36-32(41)37-29(28)20-6-8-23(25(12-20)42-3)44-15-27(39)38-35-13-19-9-21(33)30(22(34)10-19)45-14-18-5-7-24-26(11-18)47-16-46-24/h5-13,29H,4,14-16H2,1-3H3,(H,38,39)(H2,36,37,41)/b35-13-/t29-/m1/s1. The van der Waals surface area contributed by atoms with E-state index >= 15 is 0 Å². The minimum absolute atomic E-state index is 0.172. The van der Waals surface area contributed by atoms with E-state index in [4.69, 9.17) is 51.6 Å². The second kappa shape index (κ2) is 15.0. The number of amides is 3. The Morgan fingerprint density at radius 3 is 2.55 bits per heavy atom. The number of carbonyl (C=O) groups is 3. The highest BCUT2D eigenvalue weighted by Crippen LogP contribution is 2.37. The van der Waals surface area contributed by atoms with Gasteiger partial charge in [-0.2, -0.15) is 5.10 Å². The zero-order valence-corrected chi connectivity index (χ0v) is 27.0. The van der Waals surface area contributed by atoms with E-state index in [2.05, 4.69) is 21.2 Å². The van der Waals surface area contributed by atoms with Gasteiger partial charge in [-0.25, -0.2) is 15.0 Å². The molecule has 0 radical (unpaired) electrons. The number of hydrogen-bond donors (Lipinski definition) is 3. The molecule has 3 aromatic rings. The van der Waals surface area contributed by atoms with E-state index in [1.165, 1.54) is 13.3 Å². The number of rotatable bonds is 12. The molecule has 3 N–H and O–H groups in total. The molecule has 2 aliphatic heterocycles. The smallest absolute Gasteiger partial charge is 0.338 e. The Bertz CT molecular complexity index is 1740. The molecule has 0 saturated carbocycles. The second-order valence-electron chi connectivity index (χ2n) is 10.1. The van der Waals surface area contributed by atoms with Gasteiger partial charge >= 0.3 is 12.0 Å². The number of hydrogen-bond acceptors (Lipinski definition) is 10. The second-order valence-corrected chi connectivity index (χ2v) is 10.9. The first kappa shape index (κ1) is 33.2. The van der Waals surface area contributed by atoms with Crippen molar-refractivity contribution < 1.29 is 42.8 Å². The van der Waals surface area contributed by atoms with Crippen LogP contribution in [0.4, 0.5) is 4.79 Å². The van der Waals surface area contributed by atoms with Crippen LogP contribution in [0.2, 0.25) is 10.0 Å². The van der Waals surface area contributed by atoms with Gasteiger partial charge in [0, 0.05) is 5.70 Å². The molecule has 0 saturated heterocycles. The van der Waals surface area contributed by atoms with Crippen molar-refractivity contribution in [1.29, 1.82) is 0 Å². The summed E-state index contributed by atoms with van der Waals surface area (Å²) in [6, 6.07) is 12.2. The third-order valence-electron chi connectivity index (χ3n) is 6.89. The van der Waals surface area contributed by atoms with Crippen LogP contribution in [0.15, 0.2) is 64.9 Å². The first-order valence-corrected chi connectivity index (χ1v) is 15.0. The van der Waals surface area contributed by atoms with Crippen LogP contribution in [0.25, 0.3) is 0 Å². The average Bonchev–Trinajstić information content (AvgIpc) is 3.51. The summed E-state index contributed by atoms with van der Waals surface area (Å²) in [6.45, 7) is 3.47. The fourth-order valence-corrected chi connectivity index (χ4v) is 5.35. The molecule has 47 heavy (non-hydrogen) atoms. The summed E-state index contributed by atoms with van der Waals surface area (Å²) in [7, 11) is 1.43. The Morgan fingerprint density at radius 1 is 1.04 bits per heavy atom. The lowest BCUT2D eigenvalue weighted by Crippen LogP contribution is -2.45. The molecule has 3 amide bonds. The summed E-state index contributed by atoms with van der Waals surface area (Å²) >= 11 is 12.8. The van der Waals surface area contributed by atoms with E-state index < -0.39 is 30.6 Å². The first-order valence-electron chi connectivity index (χ1n) is 14.2. The fourth-order valence-electron chi connectivity index (χ4n) is 4.74.